The molecule has 0 saturated heterocycles. The van der Waals surface area contributed by atoms with Gasteiger partial charge in [-0.15, -0.1) is 0 Å². The second kappa shape index (κ2) is 4.62. The first-order valence-electron chi connectivity index (χ1n) is 4.40. The molecule has 0 amide bonds. The minimum absolute atomic E-state index is 0.0492. The van der Waals surface area contributed by atoms with Crippen molar-refractivity contribution in [2.75, 3.05) is 21.2 Å². The number of carbonyl (C=O) groups excluding carboxylic acids is 1. The number of hydrogen-bond acceptors (Lipinski definition) is 5. The largest absolute Gasteiger partial charge is 0.469 e. The van der Waals surface area contributed by atoms with E-state index in [0.29, 0.717) is 5.69 Å². The van der Waals surface area contributed by atoms with Gasteiger partial charge in [-0.05, 0) is 0 Å². The lowest BCUT2D eigenvalue weighted by molar-refractivity contribution is -0.139. The van der Waals surface area contributed by atoms with Crippen LogP contribution in [0, 0.1) is 0 Å². The highest BCUT2D eigenvalue weighted by Gasteiger charge is 2.17. The summed E-state index contributed by atoms with van der Waals surface area (Å²) in [7, 11) is 0.521. The van der Waals surface area contributed by atoms with Crippen molar-refractivity contribution in [1.82, 2.24) is 13.3 Å². The number of rotatable bonds is 4. The molecule has 0 atom stereocenters. The van der Waals surface area contributed by atoms with Crippen molar-refractivity contribution < 1.29 is 17.9 Å². The molecule has 1 rings (SSSR count). The average Bonchev–Trinajstić information content (AvgIpc) is 2.66. The topological polar surface area (TPSA) is 81.5 Å². The van der Waals surface area contributed by atoms with E-state index in [-0.39, 0.29) is 6.42 Å². The molecule has 7 nitrogen and oxygen atoms in total. The zero-order valence-corrected chi connectivity index (χ0v) is 10.1. The normalized spacial score (nSPS) is 11.8. The van der Waals surface area contributed by atoms with E-state index >= 15 is 0 Å². The monoisotopic (exact) mass is 247 g/mol. The van der Waals surface area contributed by atoms with Crippen LogP contribution in [0.25, 0.3) is 0 Å². The van der Waals surface area contributed by atoms with Gasteiger partial charge in [0.2, 0.25) is 0 Å². The molecule has 0 aliphatic heterocycles. The van der Waals surface area contributed by atoms with Gasteiger partial charge >= 0.3 is 16.2 Å². The maximum atomic E-state index is 11.6. The second-order valence-electron chi connectivity index (χ2n) is 3.24. The van der Waals surface area contributed by atoms with Crippen LogP contribution in [0.3, 0.4) is 0 Å². The minimum atomic E-state index is -3.56. The van der Waals surface area contributed by atoms with Crippen LogP contribution in [0.4, 0.5) is 0 Å². The molecule has 0 aliphatic carbocycles. The smallest absolute Gasteiger partial charge is 0.311 e. The predicted molar refractivity (Wildman–Crippen MR) is 56.0 cm³/mol. The van der Waals surface area contributed by atoms with Gasteiger partial charge in [0.15, 0.2) is 0 Å². The molecule has 16 heavy (non-hydrogen) atoms. The van der Waals surface area contributed by atoms with E-state index in [1.807, 2.05) is 0 Å². The Morgan fingerprint density at radius 2 is 2.19 bits per heavy atom. The predicted octanol–water partition coefficient (Wildman–Crippen LogP) is -0.747. The molecule has 1 aromatic rings. The van der Waals surface area contributed by atoms with Crippen LogP contribution in [0.1, 0.15) is 5.69 Å². The first-order chi connectivity index (χ1) is 7.37. The number of aromatic nitrogens is 2. The lowest BCUT2D eigenvalue weighted by Gasteiger charge is -2.10. The first-order valence-corrected chi connectivity index (χ1v) is 5.80. The summed E-state index contributed by atoms with van der Waals surface area (Å²) in [6.07, 6.45) is 2.38. The van der Waals surface area contributed by atoms with Gasteiger partial charge in [0.25, 0.3) is 0 Å². The summed E-state index contributed by atoms with van der Waals surface area (Å²) >= 11 is 0. The molecule has 0 N–H and O–H groups in total. The van der Waals surface area contributed by atoms with Crippen molar-refractivity contribution in [2.45, 2.75) is 6.42 Å². The Kier molecular flexibility index (Phi) is 3.66. The van der Waals surface area contributed by atoms with Crippen molar-refractivity contribution in [3.8, 4) is 0 Å². The maximum absolute atomic E-state index is 11.6. The molecule has 0 radical (unpaired) electrons. The molecule has 8 heteroatoms. The van der Waals surface area contributed by atoms with Crippen molar-refractivity contribution in [2.24, 2.45) is 0 Å². The molecular weight excluding hydrogens is 234 g/mol. The Bertz CT molecular complexity index is 477. The zero-order chi connectivity index (χ0) is 12.3. The SMILES string of the molecule is COC(=O)Cc1cn(S(=O)(=O)N(C)C)cn1. The molecule has 0 fully saturated rings. The fourth-order valence-electron chi connectivity index (χ4n) is 0.971. The summed E-state index contributed by atoms with van der Waals surface area (Å²) < 4.78 is 29.7. The highest BCUT2D eigenvalue weighted by atomic mass is 32.2. The lowest BCUT2D eigenvalue weighted by Crippen LogP contribution is -2.27. The van der Waals surface area contributed by atoms with E-state index in [2.05, 4.69) is 9.72 Å². The maximum Gasteiger partial charge on any atom is 0.311 e. The van der Waals surface area contributed by atoms with Crippen LogP contribution in [-0.4, -0.2) is 48.9 Å². The minimum Gasteiger partial charge on any atom is -0.469 e. The molecule has 0 saturated carbocycles. The highest BCUT2D eigenvalue weighted by molar-refractivity contribution is 7.87. The van der Waals surface area contributed by atoms with E-state index in [9.17, 15) is 13.2 Å². The third kappa shape index (κ3) is 2.58. The Morgan fingerprint density at radius 1 is 1.56 bits per heavy atom. The number of carbonyl (C=O) groups is 1. The van der Waals surface area contributed by atoms with Gasteiger partial charge in [0.1, 0.15) is 6.33 Å². The molecule has 0 bridgehead atoms. The van der Waals surface area contributed by atoms with Gasteiger partial charge in [0.05, 0.1) is 19.2 Å². The highest BCUT2D eigenvalue weighted by Crippen LogP contribution is 2.04. The summed E-state index contributed by atoms with van der Waals surface area (Å²) in [6, 6.07) is 0. The van der Waals surface area contributed by atoms with Gasteiger partial charge < -0.3 is 4.74 Å². The van der Waals surface area contributed by atoms with Crippen molar-refractivity contribution >= 4 is 16.2 Å². The van der Waals surface area contributed by atoms with Crippen LogP contribution in [0.5, 0.6) is 0 Å². The number of hydrogen-bond donors (Lipinski definition) is 0. The molecule has 1 heterocycles. The molecular formula is C8H13N3O4S. The molecule has 0 aromatic carbocycles. The van der Waals surface area contributed by atoms with Crippen LogP contribution in [-0.2, 0) is 26.2 Å². The van der Waals surface area contributed by atoms with E-state index in [1.165, 1.54) is 27.4 Å². The first kappa shape index (κ1) is 12.7. The number of imidazole rings is 1. The van der Waals surface area contributed by atoms with E-state index in [1.54, 1.807) is 0 Å². The van der Waals surface area contributed by atoms with Crippen LogP contribution < -0.4 is 0 Å². The number of ether oxygens (including phenoxy) is 1. The van der Waals surface area contributed by atoms with Crippen LogP contribution in [0.15, 0.2) is 12.5 Å². The molecule has 0 aliphatic rings. The van der Waals surface area contributed by atoms with Gasteiger partial charge in [0, 0.05) is 20.3 Å². The Morgan fingerprint density at radius 3 is 2.69 bits per heavy atom. The van der Waals surface area contributed by atoms with E-state index in [0.717, 1.165) is 14.6 Å². The quantitative estimate of drug-likeness (QED) is 0.654. The molecule has 1 aromatic heterocycles. The second-order valence-corrected chi connectivity index (χ2v) is 5.29. The third-order valence-electron chi connectivity index (χ3n) is 1.89. The fourth-order valence-corrected chi connectivity index (χ4v) is 1.77. The number of esters is 1. The summed E-state index contributed by atoms with van der Waals surface area (Å²) in [5, 5.41) is 0. The summed E-state index contributed by atoms with van der Waals surface area (Å²) in [5.74, 6) is -0.465. The van der Waals surface area contributed by atoms with Gasteiger partial charge in [-0.2, -0.15) is 12.7 Å². The van der Waals surface area contributed by atoms with E-state index in [4.69, 9.17) is 0 Å². The van der Waals surface area contributed by atoms with Crippen LogP contribution in [0.2, 0.25) is 0 Å². The summed E-state index contributed by atoms with van der Waals surface area (Å²) in [5.41, 5.74) is 0.345. The number of methoxy groups -OCH3 is 1. The Labute approximate surface area is 93.8 Å². The number of nitrogens with zero attached hydrogens (tertiary/aromatic N) is 3. The van der Waals surface area contributed by atoms with Crippen molar-refractivity contribution in [3.63, 3.8) is 0 Å². The lowest BCUT2D eigenvalue weighted by atomic mass is 10.3. The van der Waals surface area contributed by atoms with Gasteiger partial charge in [-0.3, -0.25) is 4.79 Å². The Balaban J connectivity index is 2.92. The third-order valence-corrected chi connectivity index (χ3v) is 3.55. The summed E-state index contributed by atoms with van der Waals surface area (Å²) in [4.78, 5) is 14.8. The Hall–Kier alpha value is -1.41. The van der Waals surface area contributed by atoms with Gasteiger partial charge in [-0.1, -0.05) is 0 Å². The fraction of sp³-hybridized carbons (Fsp3) is 0.500. The average molecular weight is 247 g/mol. The molecule has 90 valence electrons. The van der Waals surface area contributed by atoms with Crippen molar-refractivity contribution in [1.29, 1.82) is 0 Å². The van der Waals surface area contributed by atoms with Crippen molar-refractivity contribution in [3.05, 3.63) is 18.2 Å². The standard InChI is InChI=1S/C8H13N3O4S/c1-10(2)16(13,14)11-5-7(9-6-11)4-8(12)15-3/h5-6H,4H2,1-3H3. The molecule has 0 spiro atoms. The zero-order valence-electron chi connectivity index (χ0n) is 9.24. The van der Waals surface area contributed by atoms with Gasteiger partial charge in [-0.25, -0.2) is 8.96 Å². The molecule has 0 unspecified atom stereocenters. The van der Waals surface area contributed by atoms with E-state index < -0.39 is 16.2 Å². The van der Waals surface area contributed by atoms with Crippen LogP contribution >= 0.6 is 0 Å². The summed E-state index contributed by atoms with van der Waals surface area (Å²) in [6.45, 7) is 0.